The van der Waals surface area contributed by atoms with Crippen LogP contribution < -0.4 is 26.0 Å². The molecule has 0 bridgehead atoms. The van der Waals surface area contributed by atoms with E-state index in [0.29, 0.717) is 23.4 Å². The van der Waals surface area contributed by atoms with Gasteiger partial charge in [-0.15, -0.1) is 0 Å². The largest absolute Gasteiger partial charge is 0.497 e. The molecule has 196 valence electrons. The average molecular weight is 518 g/mol. The van der Waals surface area contributed by atoms with E-state index in [1.54, 1.807) is 50.6 Å². The van der Waals surface area contributed by atoms with Crippen molar-refractivity contribution in [3.05, 3.63) is 104 Å². The maximum absolute atomic E-state index is 13.4. The molecule has 38 heavy (non-hydrogen) atoms. The van der Waals surface area contributed by atoms with Gasteiger partial charge in [-0.1, -0.05) is 18.2 Å². The predicted octanol–water partition coefficient (Wildman–Crippen LogP) is 2.48. The molecule has 3 aromatic carbocycles. The van der Waals surface area contributed by atoms with Gasteiger partial charge in [0.2, 0.25) is 0 Å². The summed E-state index contributed by atoms with van der Waals surface area (Å²) in [5, 5.41) is 3.06. The Bertz CT molecular complexity index is 1640. The number of benzene rings is 3. The van der Waals surface area contributed by atoms with Gasteiger partial charge >= 0.3 is 11.7 Å². The van der Waals surface area contributed by atoms with E-state index >= 15 is 0 Å². The molecule has 0 aliphatic heterocycles. The number of ether oxygens (including phenoxy) is 3. The summed E-state index contributed by atoms with van der Waals surface area (Å²) in [6, 6.07) is 16.7. The molecule has 1 aromatic heterocycles. The standard InChI is InChI=1S/C28H27N3O7/c1-30-23-12-8-19(25(32)29-15-17-5-9-20(36-2)10-6-17)14-22(23)26(33)31(28(30)35)16-18-7-11-21(27(34)38-4)24(13-18)37-3/h5-14H,15-16H2,1-4H3,(H,29,32). The van der Waals surface area contributed by atoms with Crippen molar-refractivity contribution in [1.29, 1.82) is 0 Å². The number of hydrogen-bond acceptors (Lipinski definition) is 7. The van der Waals surface area contributed by atoms with Crippen molar-refractivity contribution in [2.45, 2.75) is 13.1 Å². The molecule has 1 heterocycles. The van der Waals surface area contributed by atoms with E-state index in [0.717, 1.165) is 10.1 Å². The molecule has 0 saturated heterocycles. The Kier molecular flexibility index (Phi) is 7.61. The smallest absolute Gasteiger partial charge is 0.341 e. The van der Waals surface area contributed by atoms with Gasteiger partial charge in [-0.3, -0.25) is 18.7 Å². The van der Waals surface area contributed by atoms with Crippen LogP contribution in [0.1, 0.15) is 31.8 Å². The molecule has 0 radical (unpaired) electrons. The van der Waals surface area contributed by atoms with Crippen molar-refractivity contribution in [3.63, 3.8) is 0 Å². The predicted molar refractivity (Wildman–Crippen MR) is 141 cm³/mol. The molecule has 1 N–H and O–H groups in total. The highest BCUT2D eigenvalue weighted by molar-refractivity contribution is 5.97. The summed E-state index contributed by atoms with van der Waals surface area (Å²) in [6.07, 6.45) is 0. The molecule has 0 spiro atoms. The summed E-state index contributed by atoms with van der Waals surface area (Å²) in [5.74, 6) is 0.0563. The molecule has 10 heteroatoms. The zero-order valence-corrected chi connectivity index (χ0v) is 21.4. The average Bonchev–Trinajstić information content (AvgIpc) is 2.96. The summed E-state index contributed by atoms with van der Waals surface area (Å²) in [6.45, 7) is 0.231. The monoisotopic (exact) mass is 517 g/mol. The molecule has 10 nitrogen and oxygen atoms in total. The van der Waals surface area contributed by atoms with Crippen molar-refractivity contribution >= 4 is 22.8 Å². The number of fused-ring (bicyclic) bond motifs is 1. The first-order chi connectivity index (χ1) is 18.3. The number of aromatic nitrogens is 2. The van der Waals surface area contributed by atoms with Gasteiger partial charge in [-0.05, 0) is 53.6 Å². The Balaban J connectivity index is 1.65. The number of esters is 1. The van der Waals surface area contributed by atoms with Crippen LogP contribution in [0.4, 0.5) is 0 Å². The van der Waals surface area contributed by atoms with Crippen LogP contribution in [0, 0.1) is 0 Å². The van der Waals surface area contributed by atoms with Crippen molar-refractivity contribution in [3.8, 4) is 11.5 Å². The number of carbonyl (C=O) groups excluding carboxylic acids is 2. The van der Waals surface area contributed by atoms with E-state index in [4.69, 9.17) is 14.2 Å². The number of methoxy groups -OCH3 is 3. The maximum atomic E-state index is 13.4. The second-order valence-corrected chi connectivity index (χ2v) is 8.52. The highest BCUT2D eigenvalue weighted by atomic mass is 16.5. The van der Waals surface area contributed by atoms with E-state index in [9.17, 15) is 19.2 Å². The fraction of sp³-hybridized carbons (Fsp3) is 0.214. The number of rotatable bonds is 8. The molecule has 0 fully saturated rings. The van der Waals surface area contributed by atoms with Gasteiger partial charge in [0.05, 0.1) is 38.8 Å². The fourth-order valence-corrected chi connectivity index (χ4v) is 4.12. The minimum absolute atomic E-state index is 0.0623. The highest BCUT2D eigenvalue weighted by Gasteiger charge is 2.17. The normalized spacial score (nSPS) is 10.7. The number of hydrogen-bond donors (Lipinski definition) is 1. The summed E-state index contributed by atoms with van der Waals surface area (Å²) in [4.78, 5) is 51.2. The SMILES string of the molecule is COC(=O)c1ccc(Cn2c(=O)c3cc(C(=O)NCc4ccc(OC)cc4)ccc3n(C)c2=O)cc1OC. The number of amides is 1. The number of carbonyl (C=O) groups is 2. The Morgan fingerprint density at radius 1 is 0.868 bits per heavy atom. The van der Waals surface area contributed by atoms with Crippen LogP contribution in [-0.4, -0.2) is 42.3 Å². The molecule has 0 unspecified atom stereocenters. The van der Waals surface area contributed by atoms with Gasteiger partial charge in [-0.25, -0.2) is 9.59 Å². The van der Waals surface area contributed by atoms with E-state index in [1.807, 2.05) is 12.1 Å². The van der Waals surface area contributed by atoms with Crippen LogP contribution in [0.2, 0.25) is 0 Å². The maximum Gasteiger partial charge on any atom is 0.341 e. The second kappa shape index (κ2) is 11.0. The number of nitrogens with zero attached hydrogens (tertiary/aromatic N) is 2. The number of aryl methyl sites for hydroxylation is 1. The van der Waals surface area contributed by atoms with Gasteiger partial charge in [-0.2, -0.15) is 0 Å². The zero-order chi connectivity index (χ0) is 27.4. The third-order valence-electron chi connectivity index (χ3n) is 6.24. The van der Waals surface area contributed by atoms with Crippen LogP contribution >= 0.6 is 0 Å². The molecule has 0 atom stereocenters. The van der Waals surface area contributed by atoms with Crippen LogP contribution in [-0.2, 0) is 24.9 Å². The van der Waals surface area contributed by atoms with Gasteiger partial charge < -0.3 is 19.5 Å². The van der Waals surface area contributed by atoms with Crippen LogP contribution in [0.3, 0.4) is 0 Å². The van der Waals surface area contributed by atoms with Crippen LogP contribution in [0.15, 0.2) is 70.3 Å². The molecule has 0 saturated carbocycles. The molecule has 4 rings (SSSR count). The molecular weight excluding hydrogens is 490 g/mol. The third kappa shape index (κ3) is 5.15. The fourth-order valence-electron chi connectivity index (χ4n) is 4.12. The third-order valence-corrected chi connectivity index (χ3v) is 6.24. The van der Waals surface area contributed by atoms with Crippen molar-refractivity contribution in [2.24, 2.45) is 7.05 Å². The molecule has 0 aliphatic carbocycles. The highest BCUT2D eigenvalue weighted by Crippen LogP contribution is 2.21. The van der Waals surface area contributed by atoms with Gasteiger partial charge in [0, 0.05) is 19.2 Å². The van der Waals surface area contributed by atoms with Gasteiger partial charge in [0.15, 0.2) is 0 Å². The zero-order valence-electron chi connectivity index (χ0n) is 21.4. The van der Waals surface area contributed by atoms with Crippen molar-refractivity contribution in [1.82, 2.24) is 14.5 Å². The summed E-state index contributed by atoms with van der Waals surface area (Å²) in [5.41, 5.74) is 1.32. The van der Waals surface area contributed by atoms with Crippen LogP contribution in [0.5, 0.6) is 11.5 Å². The minimum atomic E-state index is -0.565. The van der Waals surface area contributed by atoms with E-state index in [2.05, 4.69) is 5.32 Å². The lowest BCUT2D eigenvalue weighted by Crippen LogP contribution is -2.39. The molecule has 4 aromatic rings. The van der Waals surface area contributed by atoms with E-state index in [1.165, 1.54) is 30.9 Å². The Labute approximate surface area is 218 Å². The second-order valence-electron chi connectivity index (χ2n) is 8.52. The minimum Gasteiger partial charge on any atom is -0.497 e. The first-order valence-corrected chi connectivity index (χ1v) is 11.7. The summed E-state index contributed by atoms with van der Waals surface area (Å²) < 4.78 is 17.6. The lowest BCUT2D eigenvalue weighted by Gasteiger charge is -2.13. The number of nitrogens with one attached hydrogen (secondary N) is 1. The quantitative estimate of drug-likeness (QED) is 0.357. The first kappa shape index (κ1) is 26.2. The first-order valence-electron chi connectivity index (χ1n) is 11.7. The van der Waals surface area contributed by atoms with E-state index in [-0.39, 0.29) is 34.7 Å². The lowest BCUT2D eigenvalue weighted by atomic mass is 10.1. The molecular formula is C28H27N3O7. The van der Waals surface area contributed by atoms with E-state index < -0.39 is 17.2 Å². The Morgan fingerprint density at radius 3 is 2.24 bits per heavy atom. The summed E-state index contributed by atoms with van der Waals surface area (Å²) >= 11 is 0. The van der Waals surface area contributed by atoms with Crippen molar-refractivity contribution in [2.75, 3.05) is 21.3 Å². The molecule has 1 amide bonds. The Morgan fingerprint density at radius 2 is 1.58 bits per heavy atom. The van der Waals surface area contributed by atoms with Gasteiger partial charge in [0.25, 0.3) is 11.5 Å². The summed E-state index contributed by atoms with van der Waals surface area (Å²) in [7, 11) is 5.82. The lowest BCUT2D eigenvalue weighted by molar-refractivity contribution is 0.0597. The van der Waals surface area contributed by atoms with Crippen molar-refractivity contribution < 1.29 is 23.8 Å². The van der Waals surface area contributed by atoms with Gasteiger partial charge in [0.1, 0.15) is 17.1 Å². The molecule has 0 aliphatic rings. The van der Waals surface area contributed by atoms with Crippen LogP contribution in [0.25, 0.3) is 10.9 Å². The topological polar surface area (TPSA) is 118 Å². The Hall–Kier alpha value is -4.86.